The highest BCUT2D eigenvalue weighted by molar-refractivity contribution is 7.94. The Labute approximate surface area is 137 Å². The minimum atomic E-state index is -5.04. The van der Waals surface area contributed by atoms with Crippen molar-refractivity contribution in [3.8, 4) is 11.8 Å². The quantitative estimate of drug-likeness (QED) is 0.867. The van der Waals surface area contributed by atoms with Gasteiger partial charge in [-0.15, -0.1) is 24.5 Å². The van der Waals surface area contributed by atoms with Crippen LogP contribution in [0.2, 0.25) is 4.34 Å². The van der Waals surface area contributed by atoms with Gasteiger partial charge in [-0.1, -0.05) is 11.6 Å². The molecular weight excluding hydrogens is 377 g/mol. The number of ether oxygens (including phenoxy) is 1. The molecule has 2 aromatic rings. The van der Waals surface area contributed by atoms with Crippen molar-refractivity contribution in [3.05, 3.63) is 40.2 Å². The highest BCUT2D eigenvalue weighted by Gasteiger charge is 2.33. The second-order valence-corrected chi connectivity index (χ2v) is 7.66. The van der Waals surface area contributed by atoms with E-state index in [1.807, 2.05) is 4.72 Å². The monoisotopic (exact) mass is 382 g/mol. The standard InChI is InChI=1S/C12H6ClF3N2O3S2/c13-10-3-4-11(22-10)23(19,20)18-8-2-1-7(6-17)5-9(8)21-12(14,15)16/h1-5,18H. The molecule has 0 aliphatic heterocycles. The molecule has 1 aromatic heterocycles. The van der Waals surface area contributed by atoms with Crippen LogP contribution in [0.25, 0.3) is 0 Å². The zero-order chi connectivity index (χ0) is 17.3. The molecule has 1 N–H and O–H groups in total. The summed E-state index contributed by atoms with van der Waals surface area (Å²) in [5.74, 6) is -0.831. The SMILES string of the molecule is N#Cc1ccc(NS(=O)(=O)c2ccc(Cl)s2)c(OC(F)(F)F)c1. The van der Waals surface area contributed by atoms with Crippen LogP contribution in [0.5, 0.6) is 5.75 Å². The molecule has 0 fully saturated rings. The Morgan fingerprint density at radius 1 is 1.26 bits per heavy atom. The normalized spacial score (nSPS) is 11.8. The summed E-state index contributed by atoms with van der Waals surface area (Å²) < 4.78 is 67.3. The molecular formula is C12H6ClF3N2O3S2. The van der Waals surface area contributed by atoms with Crippen molar-refractivity contribution in [2.75, 3.05) is 4.72 Å². The van der Waals surface area contributed by atoms with E-state index in [9.17, 15) is 21.6 Å². The minimum absolute atomic E-state index is 0.119. The number of nitriles is 1. The van der Waals surface area contributed by atoms with Crippen LogP contribution >= 0.6 is 22.9 Å². The third-order valence-electron chi connectivity index (χ3n) is 2.39. The number of hydrogen-bond donors (Lipinski definition) is 1. The summed E-state index contributed by atoms with van der Waals surface area (Å²) in [6.07, 6.45) is -5.04. The third-order valence-corrected chi connectivity index (χ3v) is 5.48. The van der Waals surface area contributed by atoms with Gasteiger partial charge in [0.15, 0.2) is 5.75 Å². The van der Waals surface area contributed by atoms with Crippen LogP contribution < -0.4 is 9.46 Å². The van der Waals surface area contributed by atoms with E-state index in [0.29, 0.717) is 0 Å². The molecule has 0 atom stereocenters. The molecule has 1 aromatic carbocycles. The van der Waals surface area contributed by atoms with Crippen molar-refractivity contribution < 1.29 is 26.3 Å². The largest absolute Gasteiger partial charge is 0.573 e. The van der Waals surface area contributed by atoms with E-state index in [2.05, 4.69) is 4.74 Å². The molecule has 0 amide bonds. The minimum Gasteiger partial charge on any atom is -0.403 e. The number of nitrogens with one attached hydrogen (secondary N) is 1. The van der Waals surface area contributed by atoms with Crippen LogP contribution in [-0.4, -0.2) is 14.8 Å². The first-order chi connectivity index (χ1) is 10.6. The Morgan fingerprint density at radius 3 is 2.48 bits per heavy atom. The summed E-state index contributed by atoms with van der Waals surface area (Å²) in [5.41, 5.74) is -0.572. The van der Waals surface area contributed by atoms with Gasteiger partial charge in [-0.3, -0.25) is 4.72 Å². The van der Waals surface area contributed by atoms with Gasteiger partial charge >= 0.3 is 6.36 Å². The number of sulfonamides is 1. The average molecular weight is 383 g/mol. The van der Waals surface area contributed by atoms with Gasteiger partial charge in [-0.05, 0) is 24.3 Å². The first kappa shape index (κ1) is 17.4. The number of anilines is 1. The molecule has 122 valence electrons. The molecule has 0 saturated heterocycles. The highest BCUT2D eigenvalue weighted by atomic mass is 35.5. The lowest BCUT2D eigenvalue weighted by atomic mass is 10.2. The number of halogens is 4. The summed E-state index contributed by atoms with van der Waals surface area (Å²) in [6, 6.07) is 7.14. The van der Waals surface area contributed by atoms with Crippen molar-refractivity contribution in [2.24, 2.45) is 0 Å². The van der Waals surface area contributed by atoms with E-state index in [0.717, 1.165) is 29.5 Å². The lowest BCUT2D eigenvalue weighted by Crippen LogP contribution is -2.19. The fourth-order valence-electron chi connectivity index (χ4n) is 1.52. The van der Waals surface area contributed by atoms with Crippen LogP contribution in [0.15, 0.2) is 34.5 Å². The summed E-state index contributed by atoms with van der Waals surface area (Å²) in [7, 11) is -4.14. The molecule has 11 heteroatoms. The Kier molecular flexibility index (Phi) is 4.74. The van der Waals surface area contributed by atoms with E-state index in [1.54, 1.807) is 6.07 Å². The number of rotatable bonds is 4. The smallest absolute Gasteiger partial charge is 0.403 e. The Hall–Kier alpha value is -1.96. The maximum Gasteiger partial charge on any atom is 0.573 e. The second-order valence-electron chi connectivity index (χ2n) is 4.03. The van der Waals surface area contributed by atoms with Crippen LogP contribution in [0, 0.1) is 11.3 Å². The van der Waals surface area contributed by atoms with Gasteiger partial charge in [0.05, 0.1) is 21.7 Å². The molecule has 0 unspecified atom stereocenters. The van der Waals surface area contributed by atoms with Crippen molar-refractivity contribution in [2.45, 2.75) is 10.6 Å². The highest BCUT2D eigenvalue weighted by Crippen LogP contribution is 2.34. The molecule has 1 heterocycles. The van der Waals surface area contributed by atoms with Gasteiger partial charge in [0, 0.05) is 6.07 Å². The van der Waals surface area contributed by atoms with Crippen molar-refractivity contribution >= 4 is 38.6 Å². The topological polar surface area (TPSA) is 79.2 Å². The van der Waals surface area contributed by atoms with Gasteiger partial charge in [0.25, 0.3) is 10.0 Å². The van der Waals surface area contributed by atoms with Crippen molar-refractivity contribution in [1.29, 1.82) is 5.26 Å². The zero-order valence-electron chi connectivity index (χ0n) is 10.9. The third kappa shape index (κ3) is 4.51. The van der Waals surface area contributed by atoms with Crippen LogP contribution in [0.4, 0.5) is 18.9 Å². The van der Waals surface area contributed by atoms with Gasteiger partial charge in [-0.2, -0.15) is 5.26 Å². The predicted octanol–water partition coefficient (Wildman–Crippen LogP) is 3.97. The van der Waals surface area contributed by atoms with E-state index in [1.165, 1.54) is 12.1 Å². The Bertz CT molecular complexity index is 872. The summed E-state index contributed by atoms with van der Waals surface area (Å²) in [5, 5.41) is 8.73. The lowest BCUT2D eigenvalue weighted by Gasteiger charge is -2.14. The number of alkyl halides is 3. The summed E-state index contributed by atoms with van der Waals surface area (Å²) >= 11 is 6.38. The van der Waals surface area contributed by atoms with Gasteiger partial charge in [0.1, 0.15) is 4.21 Å². The number of nitrogens with zero attached hydrogens (tertiary/aromatic N) is 1. The molecule has 2 rings (SSSR count). The molecule has 0 aliphatic carbocycles. The van der Waals surface area contributed by atoms with E-state index in [4.69, 9.17) is 16.9 Å². The Morgan fingerprint density at radius 2 is 1.96 bits per heavy atom. The molecule has 0 bridgehead atoms. The first-order valence-electron chi connectivity index (χ1n) is 5.69. The maximum absolute atomic E-state index is 12.4. The Balaban J connectivity index is 2.41. The summed E-state index contributed by atoms with van der Waals surface area (Å²) in [6.45, 7) is 0. The fraction of sp³-hybridized carbons (Fsp3) is 0.0833. The summed E-state index contributed by atoms with van der Waals surface area (Å²) in [4.78, 5) is 0. The predicted molar refractivity (Wildman–Crippen MR) is 78.0 cm³/mol. The van der Waals surface area contributed by atoms with E-state index < -0.39 is 27.8 Å². The molecule has 0 spiro atoms. The molecule has 0 aliphatic rings. The van der Waals surface area contributed by atoms with Crippen LogP contribution in [-0.2, 0) is 10.0 Å². The number of benzene rings is 1. The van der Waals surface area contributed by atoms with Gasteiger partial charge < -0.3 is 4.74 Å². The molecule has 23 heavy (non-hydrogen) atoms. The van der Waals surface area contributed by atoms with E-state index >= 15 is 0 Å². The average Bonchev–Trinajstić information content (AvgIpc) is 2.86. The second kappa shape index (κ2) is 6.27. The van der Waals surface area contributed by atoms with E-state index in [-0.39, 0.29) is 14.1 Å². The van der Waals surface area contributed by atoms with Crippen molar-refractivity contribution in [1.82, 2.24) is 0 Å². The first-order valence-corrected chi connectivity index (χ1v) is 8.36. The number of hydrogen-bond acceptors (Lipinski definition) is 5. The number of thiophene rings is 1. The van der Waals surface area contributed by atoms with Gasteiger partial charge in [0.2, 0.25) is 0 Å². The molecule has 5 nitrogen and oxygen atoms in total. The fourth-order valence-corrected chi connectivity index (χ4v) is 4.08. The van der Waals surface area contributed by atoms with Crippen LogP contribution in [0.3, 0.4) is 0 Å². The maximum atomic E-state index is 12.4. The molecule has 0 radical (unpaired) electrons. The zero-order valence-corrected chi connectivity index (χ0v) is 13.3. The van der Waals surface area contributed by atoms with Gasteiger partial charge in [-0.25, -0.2) is 8.42 Å². The lowest BCUT2D eigenvalue weighted by molar-refractivity contribution is -0.274. The van der Waals surface area contributed by atoms with Crippen molar-refractivity contribution in [3.63, 3.8) is 0 Å². The molecule has 0 saturated carbocycles. The van der Waals surface area contributed by atoms with Crippen LogP contribution in [0.1, 0.15) is 5.56 Å².